The highest BCUT2D eigenvalue weighted by Crippen LogP contribution is 2.22. The van der Waals surface area contributed by atoms with Crippen LogP contribution in [0.1, 0.15) is 0 Å². The maximum Gasteiger partial charge on any atom is 0.186 e. The summed E-state index contributed by atoms with van der Waals surface area (Å²) in [4.78, 5) is 0. The third kappa shape index (κ3) is 8.00. The van der Waals surface area contributed by atoms with E-state index >= 15 is 0 Å². The molecule has 1 fully saturated rings. The van der Waals surface area contributed by atoms with Crippen LogP contribution in [-0.2, 0) is 9.47 Å². The van der Waals surface area contributed by atoms with Crippen molar-refractivity contribution >= 4 is 23.3 Å². The zero-order chi connectivity index (χ0) is 26.8. The quantitative estimate of drug-likeness (QED) is 0.116. The summed E-state index contributed by atoms with van der Waals surface area (Å²) in [5.74, 6) is 0. The van der Waals surface area contributed by atoms with Gasteiger partial charge >= 0.3 is 0 Å². The fourth-order valence-electron chi connectivity index (χ4n) is 3.38. The number of anilines is 2. The van der Waals surface area contributed by atoms with Gasteiger partial charge in [-0.05, 0) is 24.3 Å². The fourth-order valence-corrected chi connectivity index (χ4v) is 3.38. The van der Waals surface area contributed by atoms with Crippen molar-refractivity contribution in [2.45, 2.75) is 49.0 Å². The molecule has 2 aromatic rings. The van der Waals surface area contributed by atoms with Gasteiger partial charge in [-0.1, -0.05) is 36.4 Å². The Morgan fingerprint density at radius 2 is 1.49 bits per heavy atom. The van der Waals surface area contributed by atoms with E-state index in [0.29, 0.717) is 11.4 Å². The number of nitrogens with one attached hydrogen (secondary N) is 2. The van der Waals surface area contributed by atoms with Gasteiger partial charge in [-0.2, -0.15) is 10.2 Å². The predicted molar refractivity (Wildman–Crippen MR) is 134 cm³/mol. The molecule has 0 aliphatic carbocycles. The summed E-state index contributed by atoms with van der Waals surface area (Å²) in [5.41, 5.74) is 6.62. The number of ether oxygens (including phenoxy) is 2. The van der Waals surface area contributed by atoms with Crippen LogP contribution < -0.4 is 10.9 Å². The molecule has 0 bridgehead atoms. The summed E-state index contributed by atoms with van der Waals surface area (Å²) < 4.78 is 10.5. The van der Waals surface area contributed by atoms with E-state index in [9.17, 15) is 35.7 Å². The Morgan fingerprint density at radius 1 is 0.892 bits per heavy atom. The summed E-state index contributed by atoms with van der Waals surface area (Å²) in [6.45, 7) is -1.29. The van der Waals surface area contributed by atoms with E-state index in [0.717, 1.165) is 0 Å². The Labute approximate surface area is 212 Å². The standard InChI is InChI=1S/C24H32N4O9/c29-12-18-21(33)22(34)23(35)24(37-18)36-13-17(30)20(32)19(31)16(28-27-15-9-5-2-6-10-15)11-25-26-14-7-3-1-4-8-14/h1-11,17-24,26-27,29-35H,12-13H2/b25-11+,28-16?. The van der Waals surface area contributed by atoms with Crippen molar-refractivity contribution in [3.63, 3.8) is 0 Å². The second kappa shape index (κ2) is 14.1. The van der Waals surface area contributed by atoms with Crippen LogP contribution in [0.3, 0.4) is 0 Å². The minimum Gasteiger partial charge on any atom is -0.394 e. The van der Waals surface area contributed by atoms with Gasteiger partial charge in [-0.25, -0.2) is 0 Å². The van der Waals surface area contributed by atoms with Crippen LogP contribution in [-0.4, -0.2) is 110 Å². The van der Waals surface area contributed by atoms with Gasteiger partial charge in [0, 0.05) is 0 Å². The Morgan fingerprint density at radius 3 is 2.08 bits per heavy atom. The highest BCUT2D eigenvalue weighted by atomic mass is 16.7. The molecule has 9 N–H and O–H groups in total. The second-order valence-electron chi connectivity index (χ2n) is 8.28. The molecule has 0 saturated carbocycles. The molecule has 0 spiro atoms. The summed E-state index contributed by atoms with van der Waals surface area (Å²) in [6.07, 6.45) is -11.7. The fraction of sp³-hybridized carbons (Fsp3) is 0.417. The lowest BCUT2D eigenvalue weighted by Crippen LogP contribution is -2.59. The van der Waals surface area contributed by atoms with Gasteiger partial charge in [0.25, 0.3) is 0 Å². The summed E-state index contributed by atoms with van der Waals surface area (Å²) in [5, 5.41) is 78.8. The maximum atomic E-state index is 10.7. The maximum absolute atomic E-state index is 10.7. The minimum absolute atomic E-state index is 0.133. The van der Waals surface area contributed by atoms with Gasteiger partial charge in [0.15, 0.2) is 6.29 Å². The third-order valence-electron chi connectivity index (χ3n) is 5.55. The van der Waals surface area contributed by atoms with Gasteiger partial charge in [0.05, 0.1) is 30.8 Å². The Kier molecular flexibility index (Phi) is 10.9. The van der Waals surface area contributed by atoms with Crippen molar-refractivity contribution in [2.75, 3.05) is 24.1 Å². The lowest BCUT2D eigenvalue weighted by atomic mass is 9.99. The second-order valence-corrected chi connectivity index (χ2v) is 8.28. The number of hydrogen-bond donors (Lipinski definition) is 9. The topological polar surface area (TPSA) is 209 Å². The van der Waals surface area contributed by atoms with Crippen LogP contribution in [0.25, 0.3) is 0 Å². The molecule has 37 heavy (non-hydrogen) atoms. The molecule has 202 valence electrons. The van der Waals surface area contributed by atoms with E-state index in [-0.39, 0.29) is 5.71 Å². The molecule has 2 aromatic carbocycles. The van der Waals surface area contributed by atoms with Crippen LogP contribution in [0.4, 0.5) is 11.4 Å². The van der Waals surface area contributed by atoms with E-state index in [1.54, 1.807) is 48.5 Å². The molecule has 1 aliphatic rings. The average Bonchev–Trinajstić information content (AvgIpc) is 2.93. The first-order valence-corrected chi connectivity index (χ1v) is 11.5. The van der Waals surface area contributed by atoms with E-state index in [1.807, 2.05) is 12.1 Å². The Balaban J connectivity index is 1.66. The zero-order valence-corrected chi connectivity index (χ0v) is 19.7. The number of hydrogen-bond acceptors (Lipinski definition) is 13. The number of rotatable bonds is 12. The highest BCUT2D eigenvalue weighted by Gasteiger charge is 2.44. The lowest BCUT2D eigenvalue weighted by molar-refractivity contribution is -0.306. The van der Waals surface area contributed by atoms with Crippen LogP contribution in [0.15, 0.2) is 70.9 Å². The van der Waals surface area contributed by atoms with Crippen molar-refractivity contribution in [3.8, 4) is 0 Å². The molecule has 1 saturated heterocycles. The molecule has 1 heterocycles. The normalized spacial score (nSPS) is 27.0. The lowest BCUT2D eigenvalue weighted by Gasteiger charge is -2.40. The number of benzene rings is 2. The number of nitrogens with zero attached hydrogens (tertiary/aromatic N) is 2. The first-order valence-electron chi connectivity index (χ1n) is 11.5. The highest BCUT2D eigenvalue weighted by molar-refractivity contribution is 6.33. The molecule has 0 radical (unpaired) electrons. The molecule has 13 heteroatoms. The molecule has 0 amide bonds. The zero-order valence-electron chi connectivity index (χ0n) is 19.7. The number of hydrazone groups is 2. The van der Waals surface area contributed by atoms with Gasteiger partial charge in [0.1, 0.15) is 48.4 Å². The van der Waals surface area contributed by atoms with Crippen LogP contribution in [0.2, 0.25) is 0 Å². The van der Waals surface area contributed by atoms with Gasteiger partial charge < -0.3 is 45.2 Å². The van der Waals surface area contributed by atoms with Gasteiger partial charge in [-0.15, -0.1) is 0 Å². The summed E-state index contributed by atoms with van der Waals surface area (Å²) in [6, 6.07) is 17.8. The molecule has 3 rings (SSSR count). The van der Waals surface area contributed by atoms with Crippen molar-refractivity contribution in [3.05, 3.63) is 60.7 Å². The Bertz CT molecular complexity index is 996. The van der Waals surface area contributed by atoms with Crippen LogP contribution in [0.5, 0.6) is 0 Å². The molecular weight excluding hydrogens is 488 g/mol. The van der Waals surface area contributed by atoms with Crippen molar-refractivity contribution < 1.29 is 45.2 Å². The first-order chi connectivity index (χ1) is 17.8. The first kappa shape index (κ1) is 28.6. The van der Waals surface area contributed by atoms with E-state index < -0.39 is 62.2 Å². The minimum atomic E-state index is -1.82. The number of para-hydroxylation sites is 2. The molecule has 8 atom stereocenters. The summed E-state index contributed by atoms with van der Waals surface area (Å²) in [7, 11) is 0. The smallest absolute Gasteiger partial charge is 0.186 e. The van der Waals surface area contributed by atoms with E-state index in [1.165, 1.54) is 6.21 Å². The summed E-state index contributed by atoms with van der Waals surface area (Å²) >= 11 is 0. The molecule has 8 unspecified atom stereocenters. The third-order valence-corrected chi connectivity index (χ3v) is 5.55. The van der Waals surface area contributed by atoms with E-state index in [4.69, 9.17) is 9.47 Å². The SMILES string of the molecule is OCC1OC(OCC(O)C(O)C(O)C(/C=N/Nc2ccccc2)=NNc2ccccc2)C(O)C(O)C1O. The predicted octanol–water partition coefficient (Wildman–Crippen LogP) is -1.55. The number of aliphatic hydroxyl groups is 7. The van der Waals surface area contributed by atoms with Crippen LogP contribution >= 0.6 is 0 Å². The van der Waals surface area contributed by atoms with Crippen molar-refractivity contribution in [1.82, 2.24) is 0 Å². The van der Waals surface area contributed by atoms with Gasteiger partial charge in [0.2, 0.25) is 0 Å². The van der Waals surface area contributed by atoms with Gasteiger partial charge in [-0.3, -0.25) is 10.9 Å². The monoisotopic (exact) mass is 520 g/mol. The molecular formula is C24H32N4O9. The van der Waals surface area contributed by atoms with Crippen molar-refractivity contribution in [2.24, 2.45) is 10.2 Å². The van der Waals surface area contributed by atoms with E-state index in [2.05, 4.69) is 21.1 Å². The van der Waals surface area contributed by atoms with Crippen molar-refractivity contribution in [1.29, 1.82) is 0 Å². The molecule has 0 aromatic heterocycles. The average molecular weight is 521 g/mol. The molecule has 1 aliphatic heterocycles. The largest absolute Gasteiger partial charge is 0.394 e. The molecule has 13 nitrogen and oxygen atoms in total. The van der Waals surface area contributed by atoms with Crippen LogP contribution in [0, 0.1) is 0 Å². The number of aliphatic hydroxyl groups excluding tert-OH is 7. The Hall–Kier alpha value is -2.98.